The average Bonchev–Trinajstić information content (AvgIpc) is 2.28. The summed E-state index contributed by atoms with van der Waals surface area (Å²) in [6.45, 7) is 0.874. The number of pyridine rings is 1. The van der Waals surface area contributed by atoms with Crippen LogP contribution in [0.5, 0.6) is 0 Å². The molecule has 1 saturated carbocycles. The molecule has 0 amide bonds. The quantitative estimate of drug-likeness (QED) is 0.837. The van der Waals surface area contributed by atoms with Gasteiger partial charge in [0, 0.05) is 24.8 Å². The summed E-state index contributed by atoms with van der Waals surface area (Å²) >= 11 is 3.38. The van der Waals surface area contributed by atoms with E-state index in [1.165, 1.54) is 24.8 Å². The molecule has 1 heterocycles. The van der Waals surface area contributed by atoms with E-state index < -0.39 is 0 Å². The summed E-state index contributed by atoms with van der Waals surface area (Å²) in [5, 5.41) is 3.54. The molecule has 0 aromatic carbocycles. The molecule has 3 nitrogen and oxygen atoms in total. The first-order valence-electron chi connectivity index (χ1n) is 5.85. The van der Waals surface area contributed by atoms with Crippen molar-refractivity contribution in [1.82, 2.24) is 10.3 Å². The largest absolute Gasteiger partial charge is 0.326 e. The molecule has 4 heteroatoms. The maximum Gasteiger partial charge on any atom is 0.106 e. The van der Waals surface area contributed by atoms with Gasteiger partial charge in [-0.3, -0.25) is 0 Å². The summed E-state index contributed by atoms with van der Waals surface area (Å²) in [6, 6.07) is 4.87. The summed E-state index contributed by atoms with van der Waals surface area (Å²) in [4.78, 5) is 4.11. The molecule has 1 aromatic rings. The highest BCUT2D eigenvalue weighted by atomic mass is 79.9. The van der Waals surface area contributed by atoms with E-state index in [1.54, 1.807) is 0 Å². The second-order valence-electron chi connectivity index (χ2n) is 4.42. The van der Waals surface area contributed by atoms with Crippen molar-refractivity contribution in [1.29, 1.82) is 0 Å². The van der Waals surface area contributed by atoms with Crippen molar-refractivity contribution >= 4 is 15.9 Å². The van der Waals surface area contributed by atoms with E-state index in [0.29, 0.717) is 12.1 Å². The minimum absolute atomic E-state index is 0.319. The van der Waals surface area contributed by atoms with E-state index in [1.807, 2.05) is 18.3 Å². The molecule has 0 aliphatic heterocycles. The highest BCUT2D eigenvalue weighted by molar-refractivity contribution is 9.10. The first kappa shape index (κ1) is 12.0. The number of nitrogens with two attached hydrogens (primary N) is 1. The fraction of sp³-hybridized carbons (Fsp3) is 0.583. The van der Waals surface area contributed by atoms with Gasteiger partial charge in [-0.1, -0.05) is 12.8 Å². The molecule has 2 atom stereocenters. The van der Waals surface area contributed by atoms with E-state index in [9.17, 15) is 0 Å². The zero-order chi connectivity index (χ0) is 11.4. The van der Waals surface area contributed by atoms with Gasteiger partial charge >= 0.3 is 0 Å². The van der Waals surface area contributed by atoms with Gasteiger partial charge in [0.2, 0.25) is 0 Å². The predicted octanol–water partition coefficient (Wildman–Crippen LogP) is 2.20. The van der Waals surface area contributed by atoms with Crippen molar-refractivity contribution in [2.24, 2.45) is 5.73 Å². The number of rotatable bonds is 3. The Morgan fingerprint density at radius 2 is 2.25 bits per heavy atom. The lowest BCUT2D eigenvalue weighted by atomic mass is 9.91. The average molecular weight is 284 g/mol. The van der Waals surface area contributed by atoms with Crippen LogP contribution in [0.3, 0.4) is 0 Å². The molecule has 3 N–H and O–H groups in total. The highest BCUT2D eigenvalue weighted by Gasteiger charge is 2.20. The molecule has 1 aliphatic rings. The Balaban J connectivity index is 1.86. The number of nitrogens with zero attached hydrogens (tertiary/aromatic N) is 1. The van der Waals surface area contributed by atoms with Gasteiger partial charge in [0.25, 0.3) is 0 Å². The third-order valence-corrected chi connectivity index (χ3v) is 3.61. The smallest absolute Gasteiger partial charge is 0.106 e. The SMILES string of the molecule is NC1CCCCC1NCc1ccnc(Br)c1. The van der Waals surface area contributed by atoms with Crippen LogP contribution in [-0.2, 0) is 6.54 Å². The third-order valence-electron chi connectivity index (χ3n) is 3.18. The molecule has 0 saturated heterocycles. The standard InChI is InChI=1S/C12H18BrN3/c13-12-7-9(5-6-15-12)8-16-11-4-2-1-3-10(11)14/h5-7,10-11,16H,1-4,8,14H2. The number of nitrogens with one attached hydrogen (secondary N) is 1. The number of halogens is 1. The van der Waals surface area contributed by atoms with Crippen LogP contribution < -0.4 is 11.1 Å². The van der Waals surface area contributed by atoms with Crippen LogP contribution in [0.15, 0.2) is 22.9 Å². The Labute approximate surface area is 105 Å². The van der Waals surface area contributed by atoms with E-state index in [2.05, 4.69) is 26.2 Å². The predicted molar refractivity (Wildman–Crippen MR) is 69.0 cm³/mol. The number of hydrogen-bond donors (Lipinski definition) is 2. The maximum atomic E-state index is 6.09. The Morgan fingerprint density at radius 1 is 1.44 bits per heavy atom. The molecule has 16 heavy (non-hydrogen) atoms. The Hall–Kier alpha value is -0.450. The Kier molecular flexibility index (Phi) is 4.32. The number of aromatic nitrogens is 1. The van der Waals surface area contributed by atoms with Crippen LogP contribution in [0.2, 0.25) is 0 Å². The molecule has 1 aliphatic carbocycles. The van der Waals surface area contributed by atoms with Crippen molar-refractivity contribution in [3.63, 3.8) is 0 Å². The lowest BCUT2D eigenvalue weighted by molar-refractivity contribution is 0.326. The summed E-state index contributed by atoms with van der Waals surface area (Å²) in [5.74, 6) is 0. The topological polar surface area (TPSA) is 50.9 Å². The van der Waals surface area contributed by atoms with Gasteiger partial charge in [-0.25, -0.2) is 4.98 Å². The third kappa shape index (κ3) is 3.27. The maximum absolute atomic E-state index is 6.09. The molecular formula is C12H18BrN3. The minimum atomic E-state index is 0.319. The van der Waals surface area contributed by atoms with E-state index >= 15 is 0 Å². The zero-order valence-corrected chi connectivity index (χ0v) is 10.9. The van der Waals surface area contributed by atoms with Crippen molar-refractivity contribution in [2.75, 3.05) is 0 Å². The summed E-state index contributed by atoms with van der Waals surface area (Å²) in [6.07, 6.45) is 6.75. The van der Waals surface area contributed by atoms with Gasteiger partial charge in [-0.2, -0.15) is 0 Å². The van der Waals surface area contributed by atoms with E-state index in [4.69, 9.17) is 5.73 Å². The fourth-order valence-corrected chi connectivity index (χ4v) is 2.63. The lowest BCUT2D eigenvalue weighted by Crippen LogP contribution is -2.46. The van der Waals surface area contributed by atoms with Crippen LogP contribution >= 0.6 is 15.9 Å². The van der Waals surface area contributed by atoms with Gasteiger partial charge in [0.15, 0.2) is 0 Å². The van der Waals surface area contributed by atoms with Crippen molar-refractivity contribution < 1.29 is 0 Å². The molecule has 1 aromatic heterocycles. The molecule has 0 spiro atoms. The monoisotopic (exact) mass is 283 g/mol. The van der Waals surface area contributed by atoms with E-state index in [-0.39, 0.29) is 0 Å². The first-order chi connectivity index (χ1) is 7.75. The van der Waals surface area contributed by atoms with Gasteiger partial charge in [-0.15, -0.1) is 0 Å². The molecular weight excluding hydrogens is 266 g/mol. The molecule has 88 valence electrons. The van der Waals surface area contributed by atoms with Gasteiger partial charge in [0.1, 0.15) is 4.60 Å². The van der Waals surface area contributed by atoms with Crippen LogP contribution in [0.1, 0.15) is 31.2 Å². The second-order valence-corrected chi connectivity index (χ2v) is 5.23. The molecule has 1 fully saturated rings. The zero-order valence-electron chi connectivity index (χ0n) is 9.32. The number of hydrogen-bond acceptors (Lipinski definition) is 3. The van der Waals surface area contributed by atoms with Crippen LogP contribution in [-0.4, -0.2) is 17.1 Å². The highest BCUT2D eigenvalue weighted by Crippen LogP contribution is 2.17. The van der Waals surface area contributed by atoms with Gasteiger partial charge in [-0.05, 0) is 46.5 Å². The lowest BCUT2D eigenvalue weighted by Gasteiger charge is -2.29. The van der Waals surface area contributed by atoms with Crippen LogP contribution in [0, 0.1) is 0 Å². The fourth-order valence-electron chi connectivity index (χ4n) is 2.21. The van der Waals surface area contributed by atoms with Gasteiger partial charge < -0.3 is 11.1 Å². The normalized spacial score (nSPS) is 25.6. The van der Waals surface area contributed by atoms with Crippen LogP contribution in [0.4, 0.5) is 0 Å². The van der Waals surface area contributed by atoms with Gasteiger partial charge in [0.05, 0.1) is 0 Å². The summed E-state index contributed by atoms with van der Waals surface area (Å²) in [7, 11) is 0. The van der Waals surface area contributed by atoms with Crippen molar-refractivity contribution in [2.45, 2.75) is 44.3 Å². The first-order valence-corrected chi connectivity index (χ1v) is 6.64. The van der Waals surface area contributed by atoms with Crippen molar-refractivity contribution in [3.8, 4) is 0 Å². The summed E-state index contributed by atoms with van der Waals surface area (Å²) in [5.41, 5.74) is 7.34. The molecule has 2 unspecified atom stereocenters. The second kappa shape index (κ2) is 5.75. The molecule has 0 bridgehead atoms. The summed E-state index contributed by atoms with van der Waals surface area (Å²) < 4.78 is 0.889. The minimum Gasteiger partial charge on any atom is -0.326 e. The van der Waals surface area contributed by atoms with E-state index in [0.717, 1.165) is 17.6 Å². The van der Waals surface area contributed by atoms with Crippen molar-refractivity contribution in [3.05, 3.63) is 28.5 Å². The van der Waals surface area contributed by atoms with Crippen LogP contribution in [0.25, 0.3) is 0 Å². The molecule has 2 rings (SSSR count). The Morgan fingerprint density at radius 3 is 3.00 bits per heavy atom. The Bertz CT molecular complexity index is 343. The molecule has 0 radical (unpaired) electrons.